The summed E-state index contributed by atoms with van der Waals surface area (Å²) in [6.45, 7) is 8.27. The van der Waals surface area contributed by atoms with Crippen LogP contribution in [0, 0.1) is 13.8 Å². The van der Waals surface area contributed by atoms with E-state index in [1.54, 1.807) is 6.33 Å². The summed E-state index contributed by atoms with van der Waals surface area (Å²) >= 11 is 0. The van der Waals surface area contributed by atoms with Crippen molar-refractivity contribution in [1.82, 2.24) is 24.3 Å². The predicted molar refractivity (Wildman–Crippen MR) is 97.2 cm³/mol. The minimum atomic E-state index is 0.878. The summed E-state index contributed by atoms with van der Waals surface area (Å²) in [7, 11) is 8.38. The molecule has 2 heterocycles. The molecule has 0 radical (unpaired) electrons. The SMILES string of the molecule is Cc1c(C)n(CCCN(C)C)c2ncnc(NCCN(C)C)c12. The number of nitrogens with zero attached hydrogens (tertiary/aromatic N) is 5. The van der Waals surface area contributed by atoms with Gasteiger partial charge in [0.15, 0.2) is 0 Å². The van der Waals surface area contributed by atoms with Gasteiger partial charge < -0.3 is 19.7 Å². The number of fused-ring (bicyclic) bond motifs is 1. The molecule has 0 bridgehead atoms. The Morgan fingerprint density at radius 2 is 1.74 bits per heavy atom. The van der Waals surface area contributed by atoms with Gasteiger partial charge in [-0.3, -0.25) is 0 Å². The van der Waals surface area contributed by atoms with Gasteiger partial charge in [0.1, 0.15) is 17.8 Å². The Morgan fingerprint density at radius 3 is 2.39 bits per heavy atom. The van der Waals surface area contributed by atoms with E-state index in [1.807, 2.05) is 0 Å². The minimum absolute atomic E-state index is 0.878. The molecule has 0 atom stereocenters. The van der Waals surface area contributed by atoms with Crippen molar-refractivity contribution in [2.24, 2.45) is 0 Å². The molecule has 0 saturated carbocycles. The average Bonchev–Trinajstić information content (AvgIpc) is 2.72. The third-order valence-corrected chi connectivity index (χ3v) is 4.24. The van der Waals surface area contributed by atoms with E-state index in [0.29, 0.717) is 0 Å². The van der Waals surface area contributed by atoms with Crippen molar-refractivity contribution in [3.8, 4) is 0 Å². The Hall–Kier alpha value is -1.66. The van der Waals surface area contributed by atoms with Crippen LogP contribution in [-0.4, -0.2) is 72.2 Å². The number of aryl methyl sites for hydroxylation is 2. The molecule has 6 heteroatoms. The lowest BCUT2D eigenvalue weighted by molar-refractivity contribution is 0.387. The van der Waals surface area contributed by atoms with E-state index in [-0.39, 0.29) is 0 Å². The van der Waals surface area contributed by atoms with E-state index >= 15 is 0 Å². The van der Waals surface area contributed by atoms with E-state index in [2.05, 4.69) is 71.7 Å². The Balaban J connectivity index is 2.26. The highest BCUT2D eigenvalue weighted by Gasteiger charge is 2.16. The highest BCUT2D eigenvalue weighted by molar-refractivity contribution is 5.91. The van der Waals surface area contributed by atoms with Crippen LogP contribution in [0.1, 0.15) is 17.7 Å². The van der Waals surface area contributed by atoms with Crippen LogP contribution in [0.2, 0.25) is 0 Å². The van der Waals surface area contributed by atoms with E-state index in [1.165, 1.54) is 11.3 Å². The van der Waals surface area contributed by atoms with Gasteiger partial charge in [-0.15, -0.1) is 0 Å². The monoisotopic (exact) mass is 318 g/mol. The van der Waals surface area contributed by atoms with Crippen LogP contribution in [0.25, 0.3) is 11.0 Å². The molecule has 0 aromatic carbocycles. The summed E-state index contributed by atoms with van der Waals surface area (Å²) in [6, 6.07) is 0. The standard InChI is InChI=1S/C17H30N6/c1-13-14(2)23(10-7-9-21(3)4)17-15(13)16(19-12-20-17)18-8-11-22(5)6/h12H,7-11H2,1-6H3,(H,18,19,20). The van der Waals surface area contributed by atoms with Gasteiger partial charge in [-0.05, 0) is 60.6 Å². The molecule has 0 saturated heterocycles. The molecule has 23 heavy (non-hydrogen) atoms. The summed E-state index contributed by atoms with van der Waals surface area (Å²) in [5.41, 5.74) is 3.61. The molecule has 0 fully saturated rings. The highest BCUT2D eigenvalue weighted by Crippen LogP contribution is 2.28. The molecule has 6 nitrogen and oxygen atoms in total. The third-order valence-electron chi connectivity index (χ3n) is 4.24. The zero-order valence-electron chi connectivity index (χ0n) is 15.3. The number of aromatic nitrogens is 3. The maximum Gasteiger partial charge on any atom is 0.145 e. The fourth-order valence-electron chi connectivity index (χ4n) is 2.82. The molecule has 2 aromatic rings. The van der Waals surface area contributed by atoms with Gasteiger partial charge in [-0.2, -0.15) is 0 Å². The second-order valence-electron chi connectivity index (χ2n) is 6.67. The van der Waals surface area contributed by atoms with Crippen molar-refractivity contribution in [1.29, 1.82) is 0 Å². The highest BCUT2D eigenvalue weighted by atomic mass is 15.1. The van der Waals surface area contributed by atoms with E-state index in [4.69, 9.17) is 0 Å². The quantitative estimate of drug-likeness (QED) is 0.806. The van der Waals surface area contributed by atoms with Crippen molar-refractivity contribution in [2.45, 2.75) is 26.8 Å². The first-order chi connectivity index (χ1) is 10.9. The topological polar surface area (TPSA) is 49.2 Å². The first kappa shape index (κ1) is 17.7. The third kappa shape index (κ3) is 4.20. The lowest BCUT2D eigenvalue weighted by Crippen LogP contribution is -2.21. The Bertz CT molecular complexity index is 644. The Kier molecular flexibility index (Phi) is 5.96. The molecule has 0 amide bonds. The van der Waals surface area contributed by atoms with Crippen LogP contribution in [0.5, 0.6) is 0 Å². The van der Waals surface area contributed by atoms with Crippen molar-refractivity contribution >= 4 is 16.9 Å². The fourth-order valence-corrected chi connectivity index (χ4v) is 2.82. The van der Waals surface area contributed by atoms with Crippen LogP contribution in [0.15, 0.2) is 6.33 Å². The summed E-state index contributed by atoms with van der Waals surface area (Å²) in [6.07, 6.45) is 2.78. The number of nitrogens with one attached hydrogen (secondary N) is 1. The van der Waals surface area contributed by atoms with Gasteiger partial charge >= 0.3 is 0 Å². The Morgan fingerprint density at radius 1 is 1.04 bits per heavy atom. The van der Waals surface area contributed by atoms with Gasteiger partial charge in [0.25, 0.3) is 0 Å². The van der Waals surface area contributed by atoms with Crippen molar-refractivity contribution in [2.75, 3.05) is 53.1 Å². The largest absolute Gasteiger partial charge is 0.368 e. The maximum absolute atomic E-state index is 4.55. The summed E-state index contributed by atoms with van der Waals surface area (Å²) < 4.78 is 2.33. The van der Waals surface area contributed by atoms with Gasteiger partial charge in [0.2, 0.25) is 0 Å². The zero-order chi connectivity index (χ0) is 17.0. The van der Waals surface area contributed by atoms with Crippen LogP contribution in [-0.2, 0) is 6.54 Å². The van der Waals surface area contributed by atoms with E-state index in [9.17, 15) is 0 Å². The van der Waals surface area contributed by atoms with Crippen molar-refractivity contribution < 1.29 is 0 Å². The Labute approximate surface area is 139 Å². The van der Waals surface area contributed by atoms with Crippen LogP contribution < -0.4 is 5.32 Å². The van der Waals surface area contributed by atoms with Gasteiger partial charge in [0, 0.05) is 25.3 Å². The first-order valence-electron chi connectivity index (χ1n) is 8.25. The lowest BCUT2D eigenvalue weighted by atomic mass is 10.2. The molecule has 0 aliphatic heterocycles. The molecule has 128 valence electrons. The summed E-state index contributed by atoms with van der Waals surface area (Å²) in [5, 5.41) is 4.62. The molecule has 2 aromatic heterocycles. The number of hydrogen-bond acceptors (Lipinski definition) is 5. The summed E-state index contributed by atoms with van der Waals surface area (Å²) in [4.78, 5) is 13.4. The van der Waals surface area contributed by atoms with Crippen molar-refractivity contribution in [3.05, 3.63) is 17.6 Å². The smallest absolute Gasteiger partial charge is 0.145 e. The average molecular weight is 318 g/mol. The molecular formula is C17H30N6. The van der Waals surface area contributed by atoms with Crippen LogP contribution >= 0.6 is 0 Å². The summed E-state index contributed by atoms with van der Waals surface area (Å²) in [5.74, 6) is 0.948. The van der Waals surface area contributed by atoms with Crippen LogP contribution in [0.3, 0.4) is 0 Å². The molecule has 0 aliphatic rings. The van der Waals surface area contributed by atoms with Crippen LogP contribution in [0.4, 0.5) is 5.82 Å². The number of hydrogen-bond donors (Lipinski definition) is 1. The normalized spacial score (nSPS) is 11.8. The molecule has 2 rings (SSSR count). The van der Waals surface area contributed by atoms with E-state index < -0.39 is 0 Å². The maximum atomic E-state index is 4.55. The number of likely N-dealkylation sites (N-methyl/N-ethyl adjacent to an activating group) is 1. The van der Waals surface area contributed by atoms with Crippen molar-refractivity contribution in [3.63, 3.8) is 0 Å². The molecule has 0 aliphatic carbocycles. The first-order valence-corrected chi connectivity index (χ1v) is 8.25. The molecule has 1 N–H and O–H groups in total. The zero-order valence-corrected chi connectivity index (χ0v) is 15.3. The van der Waals surface area contributed by atoms with Gasteiger partial charge in [0.05, 0.1) is 5.39 Å². The fraction of sp³-hybridized carbons (Fsp3) is 0.647. The second-order valence-corrected chi connectivity index (χ2v) is 6.67. The minimum Gasteiger partial charge on any atom is -0.368 e. The molecule has 0 unspecified atom stereocenters. The number of rotatable bonds is 8. The molecule has 0 spiro atoms. The number of anilines is 1. The predicted octanol–water partition coefficient (Wildman–Crippen LogP) is 1.97. The second kappa shape index (κ2) is 7.75. The van der Waals surface area contributed by atoms with Gasteiger partial charge in [-0.25, -0.2) is 9.97 Å². The lowest BCUT2D eigenvalue weighted by Gasteiger charge is -2.12. The molecular weight excluding hydrogens is 288 g/mol. The van der Waals surface area contributed by atoms with E-state index in [0.717, 1.165) is 49.5 Å². The van der Waals surface area contributed by atoms with Gasteiger partial charge in [-0.1, -0.05) is 0 Å².